The minimum absolute atomic E-state index is 0.105. The largest absolute Gasteiger partial charge is 0.481 e. The Morgan fingerprint density at radius 3 is 2.85 bits per heavy atom. The zero-order valence-corrected chi connectivity index (χ0v) is 8.48. The summed E-state index contributed by atoms with van der Waals surface area (Å²) in [7, 11) is 0. The molecule has 0 spiro atoms. The maximum Gasteiger partial charge on any atom is 0.303 e. The molecular weight excluding hydrogens is 208 g/mol. The summed E-state index contributed by atoms with van der Waals surface area (Å²) < 4.78 is 0. The quantitative estimate of drug-likeness (QED) is 0.763. The maximum absolute atomic E-state index is 10.3. The van der Waals surface area contributed by atoms with Crippen molar-refractivity contribution in [1.29, 1.82) is 0 Å². The van der Waals surface area contributed by atoms with E-state index in [0.29, 0.717) is 16.3 Å². The van der Waals surface area contributed by atoms with Gasteiger partial charge in [-0.25, -0.2) is 0 Å². The third kappa shape index (κ3) is 2.94. The number of hydrogen-bond acceptors (Lipinski definition) is 2. The van der Waals surface area contributed by atoms with E-state index >= 15 is 0 Å². The van der Waals surface area contributed by atoms with Gasteiger partial charge in [0.25, 0.3) is 0 Å². The average molecular weight is 217 g/mol. The van der Waals surface area contributed by atoms with Crippen LogP contribution in [0.5, 0.6) is 0 Å². The summed E-state index contributed by atoms with van der Waals surface area (Å²) in [5.41, 5.74) is 0.873. The number of benzene rings is 1. The molecule has 2 nitrogen and oxygen atoms in total. The maximum atomic E-state index is 10.3. The number of thiol groups is 1. The van der Waals surface area contributed by atoms with Gasteiger partial charge in [-0.3, -0.25) is 4.79 Å². The van der Waals surface area contributed by atoms with Gasteiger partial charge in [0.05, 0.1) is 5.02 Å². The first kappa shape index (κ1) is 10.4. The van der Waals surface area contributed by atoms with Crippen molar-refractivity contribution in [2.45, 2.75) is 17.7 Å². The van der Waals surface area contributed by atoms with Crippen LogP contribution in [-0.4, -0.2) is 11.1 Å². The van der Waals surface area contributed by atoms with E-state index in [1.54, 1.807) is 12.1 Å². The van der Waals surface area contributed by atoms with E-state index in [0.717, 1.165) is 5.56 Å². The fourth-order valence-electron chi connectivity index (χ4n) is 1.00. The molecule has 1 aromatic rings. The molecule has 0 bridgehead atoms. The van der Waals surface area contributed by atoms with E-state index in [2.05, 4.69) is 12.6 Å². The summed E-state index contributed by atoms with van der Waals surface area (Å²) in [6.07, 6.45) is 0.572. The monoisotopic (exact) mass is 216 g/mol. The van der Waals surface area contributed by atoms with Crippen molar-refractivity contribution in [3.8, 4) is 0 Å². The van der Waals surface area contributed by atoms with Crippen LogP contribution in [0.1, 0.15) is 12.0 Å². The molecular formula is C9H9ClO2S. The van der Waals surface area contributed by atoms with E-state index in [9.17, 15) is 4.79 Å². The Kier molecular flexibility index (Phi) is 3.63. The normalized spacial score (nSPS) is 10.0. The molecule has 0 saturated carbocycles. The first-order chi connectivity index (χ1) is 6.11. The number of halogens is 1. The Hall–Kier alpha value is -0.670. The summed E-state index contributed by atoms with van der Waals surface area (Å²) in [4.78, 5) is 11.0. The first-order valence-electron chi connectivity index (χ1n) is 3.79. The molecule has 0 fully saturated rings. The number of hydrogen-bond donors (Lipinski definition) is 2. The Bertz CT molecular complexity index is 325. The Balaban J connectivity index is 2.77. The molecule has 13 heavy (non-hydrogen) atoms. The van der Waals surface area contributed by atoms with Gasteiger partial charge in [0, 0.05) is 11.3 Å². The predicted octanol–water partition coefficient (Wildman–Crippen LogP) is 2.65. The summed E-state index contributed by atoms with van der Waals surface area (Å²) >= 11 is 9.99. The highest BCUT2D eigenvalue weighted by molar-refractivity contribution is 7.80. The fraction of sp³-hybridized carbons (Fsp3) is 0.222. The zero-order chi connectivity index (χ0) is 9.84. The molecule has 0 atom stereocenters. The lowest BCUT2D eigenvalue weighted by Gasteiger charge is -2.04. The SMILES string of the molecule is O=C(O)CCc1cccc(Cl)c1S. The fourth-order valence-corrected chi connectivity index (χ4v) is 1.46. The lowest BCUT2D eigenvalue weighted by molar-refractivity contribution is -0.136. The summed E-state index contributed by atoms with van der Waals surface area (Å²) in [5.74, 6) is -0.812. The molecule has 1 rings (SSSR count). The molecule has 0 aliphatic rings. The summed E-state index contributed by atoms with van der Waals surface area (Å²) in [5, 5.41) is 9.04. The van der Waals surface area contributed by atoms with E-state index in [1.807, 2.05) is 6.07 Å². The van der Waals surface area contributed by atoms with Crippen molar-refractivity contribution in [3.63, 3.8) is 0 Å². The van der Waals surface area contributed by atoms with Crippen molar-refractivity contribution in [2.75, 3.05) is 0 Å². The van der Waals surface area contributed by atoms with E-state index < -0.39 is 5.97 Å². The van der Waals surface area contributed by atoms with Gasteiger partial charge in [0.15, 0.2) is 0 Å². The van der Waals surface area contributed by atoms with Crippen LogP contribution in [-0.2, 0) is 11.2 Å². The number of carboxylic acid groups (broad SMARTS) is 1. The van der Waals surface area contributed by atoms with Gasteiger partial charge in [-0.2, -0.15) is 0 Å². The minimum atomic E-state index is -0.812. The summed E-state index contributed by atoms with van der Waals surface area (Å²) in [6, 6.07) is 5.35. The molecule has 4 heteroatoms. The van der Waals surface area contributed by atoms with Crippen LogP contribution in [0.25, 0.3) is 0 Å². The predicted molar refractivity (Wildman–Crippen MR) is 54.7 cm³/mol. The molecule has 0 aromatic heterocycles. The van der Waals surface area contributed by atoms with E-state index in [4.69, 9.17) is 16.7 Å². The minimum Gasteiger partial charge on any atom is -0.481 e. The van der Waals surface area contributed by atoms with E-state index in [-0.39, 0.29) is 6.42 Å². The first-order valence-corrected chi connectivity index (χ1v) is 4.62. The number of aryl methyl sites for hydroxylation is 1. The molecule has 0 amide bonds. The summed E-state index contributed by atoms with van der Waals surface area (Å²) in [6.45, 7) is 0. The molecule has 1 aromatic carbocycles. The van der Waals surface area contributed by atoms with Crippen LogP contribution in [0.2, 0.25) is 5.02 Å². The van der Waals surface area contributed by atoms with Crippen LogP contribution < -0.4 is 0 Å². The van der Waals surface area contributed by atoms with Crippen molar-refractivity contribution in [1.82, 2.24) is 0 Å². The Labute approximate surface area is 86.9 Å². The number of carbonyl (C=O) groups is 1. The van der Waals surface area contributed by atoms with Crippen LogP contribution >= 0.6 is 24.2 Å². The topological polar surface area (TPSA) is 37.3 Å². The molecule has 0 heterocycles. The second-order valence-electron chi connectivity index (χ2n) is 2.64. The molecule has 1 N–H and O–H groups in total. The smallest absolute Gasteiger partial charge is 0.303 e. The number of carboxylic acids is 1. The van der Waals surface area contributed by atoms with Gasteiger partial charge in [0.1, 0.15) is 0 Å². The molecule has 0 unspecified atom stereocenters. The van der Waals surface area contributed by atoms with Gasteiger partial charge in [0.2, 0.25) is 0 Å². The number of rotatable bonds is 3. The van der Waals surface area contributed by atoms with Crippen LogP contribution in [0.15, 0.2) is 23.1 Å². The van der Waals surface area contributed by atoms with Crippen LogP contribution in [0.3, 0.4) is 0 Å². The highest BCUT2D eigenvalue weighted by Gasteiger charge is 2.04. The molecule has 0 aliphatic carbocycles. The number of aliphatic carboxylic acids is 1. The van der Waals surface area contributed by atoms with Crippen molar-refractivity contribution in [3.05, 3.63) is 28.8 Å². The highest BCUT2D eigenvalue weighted by atomic mass is 35.5. The van der Waals surface area contributed by atoms with Crippen LogP contribution in [0, 0.1) is 0 Å². The van der Waals surface area contributed by atoms with Crippen molar-refractivity contribution < 1.29 is 9.90 Å². The van der Waals surface area contributed by atoms with Gasteiger partial charge in [-0.05, 0) is 18.1 Å². The standard InChI is InChI=1S/C9H9ClO2S/c10-7-3-1-2-6(9(7)13)4-5-8(11)12/h1-3,13H,4-5H2,(H,11,12). The Morgan fingerprint density at radius 2 is 2.23 bits per heavy atom. The second kappa shape index (κ2) is 4.53. The van der Waals surface area contributed by atoms with Gasteiger partial charge in [-0.15, -0.1) is 12.6 Å². The van der Waals surface area contributed by atoms with Crippen LogP contribution in [0.4, 0.5) is 0 Å². The average Bonchev–Trinajstić information content (AvgIpc) is 2.07. The third-order valence-corrected chi connectivity index (χ3v) is 2.65. The highest BCUT2D eigenvalue weighted by Crippen LogP contribution is 2.24. The van der Waals surface area contributed by atoms with Gasteiger partial charge in [-0.1, -0.05) is 23.7 Å². The lowest BCUT2D eigenvalue weighted by atomic mass is 10.1. The Morgan fingerprint density at radius 1 is 1.54 bits per heavy atom. The third-order valence-electron chi connectivity index (χ3n) is 1.68. The van der Waals surface area contributed by atoms with E-state index in [1.165, 1.54) is 0 Å². The molecule has 70 valence electrons. The van der Waals surface area contributed by atoms with Gasteiger partial charge >= 0.3 is 5.97 Å². The lowest BCUT2D eigenvalue weighted by Crippen LogP contribution is -1.98. The molecule has 0 aliphatic heterocycles. The van der Waals surface area contributed by atoms with Gasteiger partial charge < -0.3 is 5.11 Å². The zero-order valence-electron chi connectivity index (χ0n) is 6.83. The molecule has 0 saturated heterocycles. The molecule has 0 radical (unpaired) electrons. The van der Waals surface area contributed by atoms with Crippen molar-refractivity contribution in [2.24, 2.45) is 0 Å². The van der Waals surface area contributed by atoms with Crippen molar-refractivity contribution >= 4 is 30.2 Å². The second-order valence-corrected chi connectivity index (χ2v) is 3.50.